The lowest BCUT2D eigenvalue weighted by molar-refractivity contribution is 0.415. The van der Waals surface area contributed by atoms with Crippen molar-refractivity contribution in [2.75, 3.05) is 7.11 Å². The molecule has 2 N–H and O–H groups in total. The van der Waals surface area contributed by atoms with Crippen LogP contribution in [0, 0.1) is 0 Å². The highest BCUT2D eigenvalue weighted by molar-refractivity contribution is 5.20. The first-order valence-electron chi connectivity index (χ1n) is 5.38. The van der Waals surface area contributed by atoms with Gasteiger partial charge in [0.15, 0.2) is 0 Å². The second kappa shape index (κ2) is 9.65. The van der Waals surface area contributed by atoms with Crippen molar-refractivity contribution in [1.29, 1.82) is 0 Å². The molecule has 0 fully saturated rings. The van der Waals surface area contributed by atoms with E-state index in [0.717, 1.165) is 5.75 Å². The maximum absolute atomic E-state index is 4.91. The summed E-state index contributed by atoms with van der Waals surface area (Å²) in [5.74, 6) is 0.910. The molecule has 5 heteroatoms. The maximum atomic E-state index is 4.91. The molecule has 0 saturated carbocycles. The van der Waals surface area contributed by atoms with Crippen molar-refractivity contribution in [2.24, 2.45) is 0 Å². The predicted octanol–water partition coefficient (Wildman–Crippen LogP) is 2.51. The van der Waals surface area contributed by atoms with Gasteiger partial charge in [-0.25, -0.2) is 9.97 Å². The van der Waals surface area contributed by atoms with E-state index in [1.807, 2.05) is 30.3 Å². The molecule has 0 spiro atoms. The van der Waals surface area contributed by atoms with Crippen LogP contribution >= 0.6 is 0 Å². The molecule has 0 amide bonds. The van der Waals surface area contributed by atoms with Crippen molar-refractivity contribution in [3.05, 3.63) is 67.8 Å². The third-order valence-electron chi connectivity index (χ3n) is 1.79. The van der Waals surface area contributed by atoms with Gasteiger partial charge >= 0.3 is 0 Å². The van der Waals surface area contributed by atoms with Crippen LogP contribution in [-0.2, 0) is 0 Å². The number of methoxy groups -OCH3 is 1. The molecule has 3 aromatic rings. The van der Waals surface area contributed by atoms with Crippen LogP contribution in [0.15, 0.2) is 67.8 Å². The molecule has 18 heavy (non-hydrogen) atoms. The van der Waals surface area contributed by atoms with E-state index in [4.69, 9.17) is 4.74 Å². The Labute approximate surface area is 106 Å². The van der Waals surface area contributed by atoms with E-state index >= 15 is 0 Å². The number of imidazole rings is 2. The molecule has 5 nitrogen and oxygen atoms in total. The summed E-state index contributed by atoms with van der Waals surface area (Å²) in [7, 11) is 1.66. The van der Waals surface area contributed by atoms with Crippen LogP contribution in [0.25, 0.3) is 0 Å². The first kappa shape index (κ1) is 13.5. The molecular formula is C13H16N4O. The highest BCUT2D eigenvalue weighted by atomic mass is 16.5. The minimum absolute atomic E-state index is 0.910. The Morgan fingerprint density at radius 2 is 1.44 bits per heavy atom. The summed E-state index contributed by atoms with van der Waals surface area (Å²) < 4.78 is 4.91. The fourth-order valence-corrected chi connectivity index (χ4v) is 0.987. The van der Waals surface area contributed by atoms with Gasteiger partial charge in [0.05, 0.1) is 19.8 Å². The summed E-state index contributed by atoms with van der Waals surface area (Å²) >= 11 is 0. The zero-order valence-electron chi connectivity index (χ0n) is 10.2. The van der Waals surface area contributed by atoms with Gasteiger partial charge in [0.25, 0.3) is 0 Å². The highest BCUT2D eigenvalue weighted by Gasteiger charge is 1.80. The third-order valence-corrected chi connectivity index (χ3v) is 1.79. The normalized spacial score (nSPS) is 8.28. The minimum Gasteiger partial charge on any atom is -0.497 e. The Kier molecular flexibility index (Phi) is 7.24. The molecule has 3 rings (SSSR count). The molecule has 94 valence electrons. The Morgan fingerprint density at radius 3 is 1.67 bits per heavy atom. The molecule has 0 unspecified atom stereocenters. The smallest absolute Gasteiger partial charge is 0.118 e. The van der Waals surface area contributed by atoms with E-state index in [1.54, 1.807) is 44.6 Å². The van der Waals surface area contributed by atoms with Crippen LogP contribution in [0.2, 0.25) is 0 Å². The molecular weight excluding hydrogens is 228 g/mol. The van der Waals surface area contributed by atoms with Gasteiger partial charge in [0.2, 0.25) is 0 Å². The maximum Gasteiger partial charge on any atom is 0.118 e. The van der Waals surface area contributed by atoms with Gasteiger partial charge in [-0.05, 0) is 12.1 Å². The number of nitrogens with zero attached hydrogens (tertiary/aromatic N) is 2. The number of nitrogens with one attached hydrogen (secondary N) is 2. The van der Waals surface area contributed by atoms with Crippen molar-refractivity contribution in [3.63, 3.8) is 0 Å². The van der Waals surface area contributed by atoms with E-state index in [-0.39, 0.29) is 0 Å². The third kappa shape index (κ3) is 6.84. The first-order chi connectivity index (χ1) is 8.93. The Bertz CT molecular complexity index is 390. The summed E-state index contributed by atoms with van der Waals surface area (Å²) in [6.45, 7) is 0. The van der Waals surface area contributed by atoms with E-state index in [9.17, 15) is 0 Å². The summed E-state index contributed by atoms with van der Waals surface area (Å²) in [6, 6.07) is 9.68. The molecule has 2 heterocycles. The number of hydrogen-bond acceptors (Lipinski definition) is 3. The highest BCUT2D eigenvalue weighted by Crippen LogP contribution is 2.05. The summed E-state index contributed by atoms with van der Waals surface area (Å²) in [4.78, 5) is 12.8. The monoisotopic (exact) mass is 244 g/mol. The molecule has 0 bridgehead atoms. The Hall–Kier alpha value is -2.56. The second-order valence-corrected chi connectivity index (χ2v) is 3.04. The standard InChI is InChI=1S/C7H8O.2C3H4N2/c1-8-7-5-3-2-4-6-7;2*1-2-5-3-4-1/h2-6H,1H3;2*1-3H,(H,4,5). The van der Waals surface area contributed by atoms with Gasteiger partial charge in [-0.2, -0.15) is 0 Å². The molecule has 0 saturated heterocycles. The molecule has 1 aromatic carbocycles. The van der Waals surface area contributed by atoms with Crippen molar-refractivity contribution >= 4 is 0 Å². The van der Waals surface area contributed by atoms with Crippen LogP contribution in [0.3, 0.4) is 0 Å². The molecule has 0 radical (unpaired) electrons. The Morgan fingerprint density at radius 1 is 0.889 bits per heavy atom. The summed E-state index contributed by atoms with van der Waals surface area (Å²) in [5, 5.41) is 0. The summed E-state index contributed by atoms with van der Waals surface area (Å²) in [6.07, 6.45) is 10.2. The predicted molar refractivity (Wildman–Crippen MR) is 70.2 cm³/mol. The average Bonchev–Trinajstić information content (AvgIpc) is 3.17. The van der Waals surface area contributed by atoms with Gasteiger partial charge < -0.3 is 14.7 Å². The van der Waals surface area contributed by atoms with Crippen LogP contribution < -0.4 is 4.74 Å². The van der Waals surface area contributed by atoms with Crippen molar-refractivity contribution in [2.45, 2.75) is 0 Å². The first-order valence-corrected chi connectivity index (χ1v) is 5.38. The quantitative estimate of drug-likeness (QED) is 0.691. The van der Waals surface area contributed by atoms with Crippen molar-refractivity contribution < 1.29 is 4.74 Å². The molecule has 2 aromatic heterocycles. The number of rotatable bonds is 1. The van der Waals surface area contributed by atoms with E-state index < -0.39 is 0 Å². The Balaban J connectivity index is 0.000000141. The topological polar surface area (TPSA) is 66.6 Å². The number of ether oxygens (including phenoxy) is 1. The number of benzene rings is 1. The van der Waals surface area contributed by atoms with E-state index in [0.29, 0.717) is 0 Å². The van der Waals surface area contributed by atoms with Crippen LogP contribution in [0.4, 0.5) is 0 Å². The molecule has 0 atom stereocenters. The zero-order valence-corrected chi connectivity index (χ0v) is 10.2. The average molecular weight is 244 g/mol. The second-order valence-electron chi connectivity index (χ2n) is 3.04. The fraction of sp³-hybridized carbons (Fsp3) is 0.0769. The molecule has 0 aliphatic heterocycles. The van der Waals surface area contributed by atoms with Gasteiger partial charge in [-0.3, -0.25) is 0 Å². The molecule has 0 aliphatic carbocycles. The van der Waals surface area contributed by atoms with Crippen LogP contribution in [0.5, 0.6) is 5.75 Å². The number of H-pyrrole nitrogens is 2. The van der Waals surface area contributed by atoms with E-state index in [1.165, 1.54) is 0 Å². The molecule has 0 aliphatic rings. The lowest BCUT2D eigenvalue weighted by Crippen LogP contribution is -1.78. The van der Waals surface area contributed by atoms with Gasteiger partial charge in [0.1, 0.15) is 5.75 Å². The lowest BCUT2D eigenvalue weighted by atomic mass is 10.3. The zero-order chi connectivity index (χ0) is 12.9. The SMILES string of the molecule is COc1ccccc1.c1c[nH]cn1.c1c[nH]cn1. The lowest BCUT2D eigenvalue weighted by Gasteiger charge is -1.93. The van der Waals surface area contributed by atoms with Crippen molar-refractivity contribution in [1.82, 2.24) is 19.9 Å². The van der Waals surface area contributed by atoms with Gasteiger partial charge in [0, 0.05) is 24.8 Å². The number of para-hydroxylation sites is 1. The van der Waals surface area contributed by atoms with Gasteiger partial charge in [-0.1, -0.05) is 18.2 Å². The number of aromatic amines is 2. The fourth-order valence-electron chi connectivity index (χ4n) is 0.987. The van der Waals surface area contributed by atoms with E-state index in [2.05, 4.69) is 19.9 Å². The number of hydrogen-bond donors (Lipinski definition) is 2. The summed E-state index contributed by atoms with van der Waals surface area (Å²) in [5.41, 5.74) is 0. The largest absolute Gasteiger partial charge is 0.497 e. The van der Waals surface area contributed by atoms with Gasteiger partial charge in [-0.15, -0.1) is 0 Å². The van der Waals surface area contributed by atoms with Crippen molar-refractivity contribution in [3.8, 4) is 5.75 Å². The number of aromatic nitrogens is 4. The minimum atomic E-state index is 0.910. The van der Waals surface area contributed by atoms with Crippen LogP contribution in [-0.4, -0.2) is 27.0 Å². The van der Waals surface area contributed by atoms with Crippen LogP contribution in [0.1, 0.15) is 0 Å².